The van der Waals surface area contributed by atoms with Crippen LogP contribution in [0.5, 0.6) is 0 Å². The zero-order valence-electron chi connectivity index (χ0n) is 28.6. The number of para-hydroxylation sites is 1. The number of hydrogen-bond donors (Lipinski definition) is 1. The van der Waals surface area contributed by atoms with Crippen LogP contribution < -0.4 is 5.32 Å². The zero-order chi connectivity index (χ0) is 34.9. The van der Waals surface area contributed by atoms with Gasteiger partial charge in [0.2, 0.25) is 0 Å². The molecule has 0 amide bonds. The van der Waals surface area contributed by atoms with Crippen molar-refractivity contribution in [3.8, 4) is 11.1 Å². The Balaban J connectivity index is 1.14. The van der Waals surface area contributed by atoms with Crippen LogP contribution in [0, 0.1) is 0 Å². The van der Waals surface area contributed by atoms with Gasteiger partial charge in [-0.05, 0) is 90.6 Å². The molecule has 10 aromatic rings. The number of fused-ring (bicyclic) bond motifs is 8. The molecule has 9 aromatic carbocycles. The van der Waals surface area contributed by atoms with Gasteiger partial charge in [-0.25, -0.2) is 9.98 Å². The molecule has 0 bridgehead atoms. The topological polar surface area (TPSA) is 49.9 Å². The molecule has 1 atom stereocenters. The van der Waals surface area contributed by atoms with E-state index >= 15 is 0 Å². The summed E-state index contributed by atoms with van der Waals surface area (Å²) in [5.74, 6) is 1.44. The van der Waals surface area contributed by atoms with E-state index in [1.54, 1.807) is 0 Å². The Morgan fingerprint density at radius 1 is 0.453 bits per heavy atom. The Morgan fingerprint density at radius 3 is 1.89 bits per heavy atom. The molecule has 0 saturated heterocycles. The van der Waals surface area contributed by atoms with Crippen molar-refractivity contribution in [1.82, 2.24) is 5.32 Å². The van der Waals surface area contributed by atoms with Crippen molar-refractivity contribution in [2.45, 2.75) is 6.17 Å². The fraction of sp³-hybridized carbons (Fsp3) is 0.0204. The van der Waals surface area contributed by atoms with Crippen LogP contribution in [0.25, 0.3) is 76.2 Å². The Morgan fingerprint density at radius 2 is 1.06 bits per heavy atom. The van der Waals surface area contributed by atoms with Crippen molar-refractivity contribution in [1.29, 1.82) is 0 Å². The predicted octanol–water partition coefficient (Wildman–Crippen LogP) is 12.4. The molecule has 1 aliphatic heterocycles. The first-order chi connectivity index (χ1) is 26.2. The summed E-state index contributed by atoms with van der Waals surface area (Å²) in [7, 11) is 0. The van der Waals surface area contributed by atoms with Crippen LogP contribution in [-0.2, 0) is 0 Å². The largest absolute Gasteiger partial charge is 0.455 e. The van der Waals surface area contributed by atoms with Crippen LogP contribution in [-0.4, -0.2) is 11.7 Å². The molecule has 4 nitrogen and oxygen atoms in total. The number of benzene rings is 9. The standard InChI is InChI=1S/C49H31N3O/c1-3-12-34-27-36(22-17-30(34)9-1)40-25-26-42(45-41-15-7-8-16-44(41)53-46(40)45)49-51-47(37-23-18-31-10-2-4-13-35(31)28-37)50-48(52-49)38-24-21-33-20-19-32-11-5-6-14-39(32)43(33)29-38/h1-29,47H,(H,50,51,52). The van der Waals surface area contributed by atoms with Crippen molar-refractivity contribution in [2.75, 3.05) is 0 Å². The summed E-state index contributed by atoms with van der Waals surface area (Å²) in [6.45, 7) is 0. The molecule has 2 heterocycles. The summed E-state index contributed by atoms with van der Waals surface area (Å²) in [5, 5.41) is 15.4. The van der Waals surface area contributed by atoms with E-state index in [-0.39, 0.29) is 6.17 Å². The first-order valence-corrected chi connectivity index (χ1v) is 18.0. The first-order valence-electron chi connectivity index (χ1n) is 18.0. The van der Waals surface area contributed by atoms with Crippen molar-refractivity contribution in [2.24, 2.45) is 9.98 Å². The third kappa shape index (κ3) is 4.91. The Labute approximate surface area is 305 Å². The van der Waals surface area contributed by atoms with Crippen molar-refractivity contribution in [3.63, 3.8) is 0 Å². The van der Waals surface area contributed by atoms with Gasteiger partial charge >= 0.3 is 0 Å². The number of furan rings is 1. The lowest BCUT2D eigenvalue weighted by Gasteiger charge is -2.24. The molecule has 1 aliphatic rings. The van der Waals surface area contributed by atoms with E-state index in [0.29, 0.717) is 5.84 Å². The van der Waals surface area contributed by atoms with Crippen molar-refractivity contribution < 1.29 is 4.42 Å². The number of rotatable bonds is 4. The molecule has 248 valence electrons. The molecule has 0 fully saturated rings. The highest BCUT2D eigenvalue weighted by molar-refractivity contribution is 6.24. The highest BCUT2D eigenvalue weighted by atomic mass is 16.3. The van der Waals surface area contributed by atoms with E-state index in [0.717, 1.165) is 55.6 Å². The zero-order valence-corrected chi connectivity index (χ0v) is 28.6. The van der Waals surface area contributed by atoms with Gasteiger partial charge in [-0.2, -0.15) is 0 Å². The second kappa shape index (κ2) is 11.8. The summed E-state index contributed by atoms with van der Waals surface area (Å²) in [4.78, 5) is 10.7. The molecule has 0 saturated carbocycles. The Kier molecular flexibility index (Phi) is 6.58. The lowest BCUT2D eigenvalue weighted by atomic mass is 9.96. The highest BCUT2D eigenvalue weighted by Gasteiger charge is 2.25. The molecule has 4 heteroatoms. The maximum absolute atomic E-state index is 6.72. The van der Waals surface area contributed by atoms with Gasteiger partial charge in [0.05, 0.1) is 0 Å². The average molecular weight is 678 g/mol. The van der Waals surface area contributed by atoms with Crippen LogP contribution >= 0.6 is 0 Å². The molecule has 1 unspecified atom stereocenters. The molecule has 11 rings (SSSR count). The number of aliphatic imine (C=N–C) groups is 2. The lowest BCUT2D eigenvalue weighted by Crippen LogP contribution is -2.33. The fourth-order valence-electron chi connectivity index (χ4n) is 8.01. The van der Waals surface area contributed by atoms with Crippen LogP contribution in [0.15, 0.2) is 190 Å². The van der Waals surface area contributed by atoms with Crippen LogP contribution in [0.4, 0.5) is 0 Å². The second-order valence-corrected chi connectivity index (χ2v) is 13.8. The molecule has 0 radical (unpaired) electrons. The number of amidine groups is 2. The maximum atomic E-state index is 6.72. The Bertz CT molecular complexity index is 3170. The molecule has 0 spiro atoms. The smallest absolute Gasteiger partial charge is 0.160 e. The summed E-state index contributed by atoms with van der Waals surface area (Å²) >= 11 is 0. The minimum absolute atomic E-state index is 0.362. The van der Waals surface area contributed by atoms with E-state index in [1.807, 2.05) is 12.1 Å². The minimum Gasteiger partial charge on any atom is -0.455 e. The first kappa shape index (κ1) is 29.7. The molecule has 0 aliphatic carbocycles. The van der Waals surface area contributed by atoms with Crippen LogP contribution in [0.1, 0.15) is 22.9 Å². The van der Waals surface area contributed by atoms with Crippen LogP contribution in [0.2, 0.25) is 0 Å². The van der Waals surface area contributed by atoms with Crippen molar-refractivity contribution >= 4 is 76.7 Å². The number of nitrogens with one attached hydrogen (secondary N) is 1. The van der Waals surface area contributed by atoms with Gasteiger partial charge in [-0.15, -0.1) is 0 Å². The minimum atomic E-state index is -0.362. The van der Waals surface area contributed by atoms with E-state index in [2.05, 4.69) is 169 Å². The fourth-order valence-corrected chi connectivity index (χ4v) is 8.01. The second-order valence-electron chi connectivity index (χ2n) is 13.8. The van der Waals surface area contributed by atoms with Gasteiger partial charge < -0.3 is 9.73 Å². The van der Waals surface area contributed by atoms with Crippen LogP contribution in [0.3, 0.4) is 0 Å². The lowest BCUT2D eigenvalue weighted by molar-refractivity contribution is 0.669. The predicted molar refractivity (Wildman–Crippen MR) is 221 cm³/mol. The van der Waals surface area contributed by atoms with E-state index in [4.69, 9.17) is 14.4 Å². The quantitative estimate of drug-likeness (QED) is 0.189. The van der Waals surface area contributed by atoms with E-state index in [9.17, 15) is 0 Å². The van der Waals surface area contributed by atoms with Gasteiger partial charge in [0.1, 0.15) is 23.2 Å². The van der Waals surface area contributed by atoms with Crippen molar-refractivity contribution in [3.05, 3.63) is 193 Å². The van der Waals surface area contributed by atoms with Gasteiger partial charge in [0, 0.05) is 27.5 Å². The molecule has 1 aromatic heterocycles. The van der Waals surface area contributed by atoms with E-state index < -0.39 is 0 Å². The maximum Gasteiger partial charge on any atom is 0.160 e. The summed E-state index contributed by atoms with van der Waals surface area (Å²) in [6, 6.07) is 62.3. The molecule has 1 N–H and O–H groups in total. The normalized spacial score (nSPS) is 14.6. The highest BCUT2D eigenvalue weighted by Crippen LogP contribution is 2.40. The van der Waals surface area contributed by atoms with Gasteiger partial charge in [-0.1, -0.05) is 140 Å². The summed E-state index contributed by atoms with van der Waals surface area (Å²) < 4.78 is 6.72. The third-order valence-electron chi connectivity index (χ3n) is 10.7. The average Bonchev–Trinajstić information content (AvgIpc) is 3.62. The molecular weight excluding hydrogens is 647 g/mol. The van der Waals surface area contributed by atoms with Gasteiger partial charge in [0.25, 0.3) is 0 Å². The summed E-state index contributed by atoms with van der Waals surface area (Å²) in [5.41, 5.74) is 6.82. The SMILES string of the molecule is c1ccc2cc(-c3ccc(C4=NC(c5ccc6ccccc6c5)NC(c5ccc6ccc7ccccc7c6c5)=N4)c4c3oc3ccccc34)ccc2c1. The molecule has 53 heavy (non-hydrogen) atoms. The monoisotopic (exact) mass is 677 g/mol. The Hall–Kier alpha value is -7.04. The number of hydrogen-bond acceptors (Lipinski definition) is 4. The summed E-state index contributed by atoms with van der Waals surface area (Å²) in [6.07, 6.45) is -0.362. The molecular formula is C49H31N3O. The van der Waals surface area contributed by atoms with E-state index in [1.165, 1.54) is 43.1 Å². The van der Waals surface area contributed by atoms with Gasteiger partial charge in [-0.3, -0.25) is 0 Å². The third-order valence-corrected chi connectivity index (χ3v) is 10.7. The van der Waals surface area contributed by atoms with Gasteiger partial charge in [0.15, 0.2) is 5.84 Å². The number of nitrogens with zero attached hydrogens (tertiary/aromatic N) is 2.